The van der Waals surface area contributed by atoms with Crippen LogP contribution in [0.1, 0.15) is 0 Å². The second-order valence-corrected chi connectivity index (χ2v) is 4.58. The standard InChI is InChI=1S/CH4N5O7PS/c2-12-14(7,13-15(8,9)10)11-1-3-5-6-4-1/h2H2,(H,8,9,10)(H,3,4,5,6). The monoisotopic (exact) mass is 261 g/mol. The third kappa shape index (κ3) is 3.86. The summed E-state index contributed by atoms with van der Waals surface area (Å²) in [5.74, 6) is 4.46. The molecule has 15 heavy (non-hydrogen) atoms. The molecular formula is CH4N5O7PS. The van der Waals surface area contributed by atoms with Gasteiger partial charge in [0.1, 0.15) is 0 Å². The minimum atomic E-state index is -5.08. The highest BCUT2D eigenvalue weighted by Crippen LogP contribution is 2.47. The molecule has 0 saturated carbocycles. The van der Waals surface area contributed by atoms with Crippen LogP contribution in [0.25, 0.3) is 0 Å². The molecule has 0 spiro atoms. The van der Waals surface area contributed by atoms with Crippen molar-refractivity contribution in [1.29, 1.82) is 0 Å². The number of hydrogen-bond acceptors (Lipinski definition) is 10. The van der Waals surface area contributed by atoms with Crippen LogP contribution in [0.15, 0.2) is 0 Å². The van der Waals surface area contributed by atoms with E-state index in [2.05, 4.69) is 34.4 Å². The molecule has 0 aliphatic rings. The van der Waals surface area contributed by atoms with E-state index >= 15 is 0 Å². The largest absolute Gasteiger partial charge is 0.565 e. The van der Waals surface area contributed by atoms with Crippen molar-refractivity contribution < 1.29 is 30.7 Å². The zero-order valence-electron chi connectivity index (χ0n) is 6.67. The van der Waals surface area contributed by atoms with Gasteiger partial charge >= 0.3 is 24.2 Å². The van der Waals surface area contributed by atoms with Gasteiger partial charge in [-0.15, -0.1) is 3.97 Å². The molecule has 86 valence electrons. The summed E-state index contributed by atoms with van der Waals surface area (Å²) in [6.45, 7) is 0. The summed E-state index contributed by atoms with van der Waals surface area (Å²) in [5, 5.41) is 11.2. The SMILES string of the molecule is NOP(=O)(Oc1nn[nH]n1)OS(=O)(=O)O. The number of H-pyrrole nitrogens is 1. The zero-order chi connectivity index (χ0) is 11.5. The summed E-state index contributed by atoms with van der Waals surface area (Å²) in [6.07, 6.45) is 0. The van der Waals surface area contributed by atoms with Crippen molar-refractivity contribution in [3.05, 3.63) is 0 Å². The highest BCUT2D eigenvalue weighted by Gasteiger charge is 2.36. The van der Waals surface area contributed by atoms with Crippen LogP contribution in [0.5, 0.6) is 6.01 Å². The maximum Gasteiger partial charge on any atom is 0.565 e. The molecule has 14 heteroatoms. The van der Waals surface area contributed by atoms with Gasteiger partial charge in [0.2, 0.25) is 0 Å². The van der Waals surface area contributed by atoms with Crippen LogP contribution in [0.4, 0.5) is 0 Å². The van der Waals surface area contributed by atoms with Gasteiger partial charge in [-0.1, -0.05) is 10.2 Å². The number of rotatable bonds is 5. The van der Waals surface area contributed by atoms with Crippen LogP contribution in [-0.4, -0.2) is 33.6 Å². The topological polar surface area (TPSA) is 180 Å². The zero-order valence-corrected chi connectivity index (χ0v) is 8.38. The fraction of sp³-hybridized carbons (Fsp3) is 0. The minimum Gasteiger partial charge on any atom is -0.364 e. The molecule has 1 heterocycles. The van der Waals surface area contributed by atoms with Gasteiger partial charge in [-0.05, 0) is 5.21 Å². The van der Waals surface area contributed by atoms with Crippen molar-refractivity contribution in [2.45, 2.75) is 0 Å². The summed E-state index contributed by atoms with van der Waals surface area (Å²) in [7, 11) is -9.83. The maximum absolute atomic E-state index is 11.2. The molecule has 0 aliphatic heterocycles. The van der Waals surface area contributed by atoms with Crippen molar-refractivity contribution in [2.24, 2.45) is 5.90 Å². The molecule has 0 radical (unpaired) electrons. The Morgan fingerprint density at radius 1 is 1.53 bits per heavy atom. The third-order valence-electron chi connectivity index (χ3n) is 0.834. The Bertz CT molecular complexity index is 452. The Balaban J connectivity index is 2.83. The fourth-order valence-electron chi connectivity index (χ4n) is 0.461. The van der Waals surface area contributed by atoms with Gasteiger partial charge in [0.05, 0.1) is 0 Å². The number of aromatic amines is 1. The van der Waals surface area contributed by atoms with E-state index in [0.717, 1.165) is 0 Å². The molecule has 0 aromatic carbocycles. The smallest absolute Gasteiger partial charge is 0.364 e. The van der Waals surface area contributed by atoms with E-state index in [1.165, 1.54) is 0 Å². The Morgan fingerprint density at radius 2 is 2.20 bits per heavy atom. The van der Waals surface area contributed by atoms with Gasteiger partial charge in [0.15, 0.2) is 0 Å². The molecule has 1 atom stereocenters. The normalized spacial score (nSPS) is 15.9. The first-order valence-electron chi connectivity index (χ1n) is 2.95. The molecule has 1 aromatic heterocycles. The highest BCUT2D eigenvalue weighted by molar-refractivity contribution is 7.85. The summed E-state index contributed by atoms with van der Waals surface area (Å²) in [6, 6.07) is -0.646. The fourth-order valence-corrected chi connectivity index (χ4v) is 1.97. The lowest BCUT2D eigenvalue weighted by molar-refractivity contribution is 0.204. The van der Waals surface area contributed by atoms with Crippen LogP contribution in [0, 0.1) is 0 Å². The Hall–Kier alpha value is -1.11. The number of tetrazole rings is 1. The first-order valence-corrected chi connectivity index (χ1v) is 5.77. The lowest BCUT2D eigenvalue weighted by Gasteiger charge is -2.09. The predicted molar refractivity (Wildman–Crippen MR) is 40.3 cm³/mol. The number of nitrogens with zero attached hydrogens (tertiary/aromatic N) is 3. The lowest BCUT2D eigenvalue weighted by Crippen LogP contribution is -2.11. The van der Waals surface area contributed by atoms with E-state index in [9.17, 15) is 13.0 Å². The summed E-state index contributed by atoms with van der Waals surface area (Å²) >= 11 is 0. The Labute approximate surface area is 82.2 Å². The molecule has 0 bridgehead atoms. The molecule has 4 N–H and O–H groups in total. The Kier molecular flexibility index (Phi) is 3.33. The lowest BCUT2D eigenvalue weighted by atomic mass is 11.3. The molecule has 1 aromatic rings. The first kappa shape index (κ1) is 12.0. The molecule has 1 unspecified atom stereocenters. The predicted octanol–water partition coefficient (Wildman–Crippen LogP) is -1.60. The number of hydrogen-bond donors (Lipinski definition) is 3. The van der Waals surface area contributed by atoms with Crippen LogP contribution in [0.2, 0.25) is 0 Å². The summed E-state index contributed by atoms with van der Waals surface area (Å²) in [4.78, 5) is 0. The minimum absolute atomic E-state index is 0.646. The third-order valence-corrected chi connectivity index (χ3v) is 2.96. The summed E-state index contributed by atoms with van der Waals surface area (Å²) in [5.41, 5.74) is 0. The van der Waals surface area contributed by atoms with E-state index < -0.39 is 24.2 Å². The van der Waals surface area contributed by atoms with E-state index in [0.29, 0.717) is 0 Å². The molecular weight excluding hydrogens is 257 g/mol. The van der Waals surface area contributed by atoms with Gasteiger partial charge in [-0.2, -0.15) is 18.3 Å². The quantitative estimate of drug-likeness (QED) is 0.315. The summed E-state index contributed by atoms with van der Waals surface area (Å²) < 4.78 is 51.2. The van der Waals surface area contributed by atoms with Gasteiger partial charge in [0, 0.05) is 0 Å². The molecule has 12 nitrogen and oxygen atoms in total. The van der Waals surface area contributed by atoms with Crippen molar-refractivity contribution >= 4 is 18.2 Å². The van der Waals surface area contributed by atoms with Crippen LogP contribution >= 0.6 is 7.82 Å². The Morgan fingerprint density at radius 3 is 2.60 bits per heavy atom. The van der Waals surface area contributed by atoms with E-state index in [-0.39, 0.29) is 0 Å². The van der Waals surface area contributed by atoms with Gasteiger partial charge < -0.3 is 4.52 Å². The maximum atomic E-state index is 11.2. The van der Waals surface area contributed by atoms with Gasteiger partial charge in [-0.25, -0.2) is 10.5 Å². The van der Waals surface area contributed by atoms with Crippen molar-refractivity contribution in [2.75, 3.05) is 0 Å². The van der Waals surface area contributed by atoms with Crippen LogP contribution in [0.3, 0.4) is 0 Å². The second kappa shape index (κ2) is 4.18. The average Bonchev–Trinajstić information content (AvgIpc) is 2.53. The second-order valence-electron chi connectivity index (χ2n) is 1.84. The van der Waals surface area contributed by atoms with Gasteiger partial charge in [-0.3, -0.25) is 4.55 Å². The van der Waals surface area contributed by atoms with Gasteiger partial charge in [0.25, 0.3) is 0 Å². The number of nitrogens with one attached hydrogen (secondary N) is 1. The highest BCUT2D eigenvalue weighted by atomic mass is 32.3. The van der Waals surface area contributed by atoms with Crippen molar-refractivity contribution in [3.63, 3.8) is 0 Å². The molecule has 0 saturated heterocycles. The molecule has 0 fully saturated rings. The number of phosphoric acid groups is 1. The van der Waals surface area contributed by atoms with E-state index in [1.807, 2.05) is 5.21 Å². The first-order chi connectivity index (χ1) is 6.85. The van der Waals surface area contributed by atoms with Crippen LogP contribution < -0.4 is 10.4 Å². The molecule has 1 rings (SSSR count). The van der Waals surface area contributed by atoms with Crippen molar-refractivity contribution in [3.8, 4) is 6.01 Å². The van der Waals surface area contributed by atoms with Crippen molar-refractivity contribution in [1.82, 2.24) is 20.6 Å². The average molecular weight is 261 g/mol. The number of aromatic nitrogens is 4. The molecule has 0 aliphatic carbocycles. The molecule has 0 amide bonds. The van der Waals surface area contributed by atoms with E-state index in [1.54, 1.807) is 0 Å². The van der Waals surface area contributed by atoms with Crippen LogP contribution in [-0.2, 0) is 23.6 Å². The van der Waals surface area contributed by atoms with E-state index in [4.69, 9.17) is 4.55 Å². The number of nitrogens with two attached hydrogens (primary N) is 1.